The minimum atomic E-state index is -1.18. The number of rotatable bonds is 6. The summed E-state index contributed by atoms with van der Waals surface area (Å²) in [5.41, 5.74) is 1.34. The quantitative estimate of drug-likeness (QED) is 0.357. The Morgan fingerprint density at radius 3 is 2.58 bits per heavy atom. The summed E-state index contributed by atoms with van der Waals surface area (Å²) in [4.78, 5) is 32.2. The van der Waals surface area contributed by atoms with Gasteiger partial charge in [-0.05, 0) is 49.2 Å². The summed E-state index contributed by atoms with van der Waals surface area (Å²) in [5, 5.41) is 0. The smallest absolute Gasteiger partial charge is 0.317 e. The molecule has 0 fully saturated rings. The van der Waals surface area contributed by atoms with Crippen LogP contribution in [-0.4, -0.2) is 22.9 Å². The molecule has 6 rings (SSSR count). The topological polar surface area (TPSA) is 79.1 Å². The number of carbonyl (C=O) groups is 1. The third-order valence-corrected chi connectivity index (χ3v) is 7.83. The molecule has 0 aliphatic carbocycles. The van der Waals surface area contributed by atoms with Gasteiger partial charge in [0.25, 0.3) is 5.56 Å². The zero-order valence-corrected chi connectivity index (χ0v) is 21.8. The molecule has 3 atom stereocenters. The van der Waals surface area contributed by atoms with Crippen LogP contribution in [0.3, 0.4) is 0 Å². The number of carbonyl (C=O) groups excluding carboxylic acids is 1. The van der Waals surface area contributed by atoms with Crippen LogP contribution in [0.2, 0.25) is 0 Å². The van der Waals surface area contributed by atoms with Gasteiger partial charge < -0.3 is 14.2 Å². The van der Waals surface area contributed by atoms with Gasteiger partial charge in [0.2, 0.25) is 5.72 Å². The van der Waals surface area contributed by atoms with Crippen LogP contribution in [-0.2, 0) is 16.1 Å². The van der Waals surface area contributed by atoms with Crippen molar-refractivity contribution >= 4 is 23.4 Å². The van der Waals surface area contributed by atoms with Crippen molar-refractivity contribution in [1.82, 2.24) is 4.57 Å². The highest BCUT2D eigenvalue weighted by atomic mass is 32.1. The lowest BCUT2D eigenvalue weighted by molar-refractivity contribution is -0.160. The van der Waals surface area contributed by atoms with Crippen LogP contribution in [0.1, 0.15) is 36.6 Å². The first-order valence-electron chi connectivity index (χ1n) is 12.5. The summed E-state index contributed by atoms with van der Waals surface area (Å²) in [5.74, 6) is 0.144. The molecule has 0 saturated heterocycles. The summed E-state index contributed by atoms with van der Waals surface area (Å²) >= 11 is 1.29. The van der Waals surface area contributed by atoms with Crippen LogP contribution >= 0.6 is 11.3 Å². The van der Waals surface area contributed by atoms with E-state index in [1.54, 1.807) is 18.4 Å². The normalized spacial score (nSPS) is 21.5. The number of aromatic nitrogens is 1. The predicted molar refractivity (Wildman–Crippen MR) is 144 cm³/mol. The Morgan fingerprint density at radius 1 is 1.08 bits per heavy atom. The monoisotopic (exact) mass is 526 g/mol. The molecule has 0 radical (unpaired) electrons. The molecule has 1 aromatic heterocycles. The highest BCUT2D eigenvalue weighted by molar-refractivity contribution is 7.07. The van der Waals surface area contributed by atoms with Gasteiger partial charge in [-0.1, -0.05) is 72.0 Å². The van der Waals surface area contributed by atoms with Crippen molar-refractivity contribution in [2.24, 2.45) is 10.9 Å². The van der Waals surface area contributed by atoms with Crippen molar-refractivity contribution in [3.05, 3.63) is 115 Å². The number of hydrogen-bond acceptors (Lipinski definition) is 7. The van der Waals surface area contributed by atoms with E-state index in [9.17, 15) is 9.59 Å². The van der Waals surface area contributed by atoms with Crippen molar-refractivity contribution in [2.75, 3.05) is 6.61 Å². The van der Waals surface area contributed by atoms with E-state index >= 15 is 0 Å². The molecule has 38 heavy (non-hydrogen) atoms. The van der Waals surface area contributed by atoms with Gasteiger partial charge in [-0.15, -0.1) is 0 Å². The molecule has 3 heterocycles. The number of thiazole rings is 1. The molecule has 3 aromatic carbocycles. The first kappa shape index (κ1) is 24.2. The second kappa shape index (κ2) is 9.61. The molecular weight excluding hydrogens is 500 g/mol. The van der Waals surface area contributed by atoms with E-state index < -0.39 is 23.7 Å². The number of nitrogens with zero attached hydrogens (tertiary/aromatic N) is 2. The van der Waals surface area contributed by atoms with Crippen LogP contribution in [0, 0.1) is 5.92 Å². The fourth-order valence-corrected chi connectivity index (χ4v) is 6.19. The fraction of sp³-hybridized carbons (Fsp3) is 0.233. The molecular formula is C30H26N2O5S. The van der Waals surface area contributed by atoms with E-state index in [2.05, 4.69) is 0 Å². The van der Waals surface area contributed by atoms with Crippen LogP contribution in [0.4, 0.5) is 0 Å². The lowest BCUT2D eigenvalue weighted by Gasteiger charge is -2.44. The first-order chi connectivity index (χ1) is 18.5. The maximum absolute atomic E-state index is 13.7. The third-order valence-electron chi connectivity index (χ3n) is 6.85. The van der Waals surface area contributed by atoms with Crippen LogP contribution in [0.25, 0.3) is 6.08 Å². The van der Waals surface area contributed by atoms with E-state index in [4.69, 9.17) is 19.2 Å². The van der Waals surface area contributed by atoms with E-state index in [1.807, 2.05) is 84.9 Å². The van der Waals surface area contributed by atoms with E-state index in [-0.39, 0.29) is 12.2 Å². The SMILES string of the molecule is CCOC(=O)C1C2c3ccccc3OC1(C)N=c1s/c(=C/c3ccc(OCc4ccccc4)cc3)c(=O)n12. The molecule has 192 valence electrons. The molecule has 7 nitrogen and oxygen atoms in total. The maximum atomic E-state index is 13.7. The Balaban J connectivity index is 1.38. The maximum Gasteiger partial charge on any atom is 0.317 e. The average Bonchev–Trinajstić information content (AvgIpc) is 3.21. The fourth-order valence-electron chi connectivity index (χ4n) is 5.09. The van der Waals surface area contributed by atoms with Gasteiger partial charge in [0.1, 0.15) is 24.0 Å². The van der Waals surface area contributed by atoms with Gasteiger partial charge in [-0.25, -0.2) is 4.99 Å². The lowest BCUT2D eigenvalue weighted by Crippen LogP contribution is -2.58. The molecule has 2 aliphatic heterocycles. The Bertz CT molecular complexity index is 1680. The van der Waals surface area contributed by atoms with Crippen molar-refractivity contribution in [1.29, 1.82) is 0 Å². The molecule has 8 heteroatoms. The molecule has 0 spiro atoms. The Morgan fingerprint density at radius 2 is 1.82 bits per heavy atom. The molecule has 2 bridgehead atoms. The third kappa shape index (κ3) is 4.20. The molecule has 0 saturated carbocycles. The number of esters is 1. The summed E-state index contributed by atoms with van der Waals surface area (Å²) in [6.07, 6.45) is 1.84. The summed E-state index contributed by atoms with van der Waals surface area (Å²) in [6, 6.07) is 24.5. The van der Waals surface area contributed by atoms with Crippen molar-refractivity contribution in [3.63, 3.8) is 0 Å². The number of hydrogen-bond donors (Lipinski definition) is 0. The minimum Gasteiger partial charge on any atom is -0.489 e. The van der Waals surface area contributed by atoms with Gasteiger partial charge in [-0.3, -0.25) is 14.2 Å². The molecule has 0 N–H and O–H groups in total. The summed E-state index contributed by atoms with van der Waals surface area (Å²) in [6.45, 7) is 4.26. The molecule has 3 unspecified atom stereocenters. The molecule has 4 aromatic rings. The zero-order valence-electron chi connectivity index (χ0n) is 21.0. The highest BCUT2D eigenvalue weighted by Gasteiger charge is 2.55. The van der Waals surface area contributed by atoms with Gasteiger partial charge >= 0.3 is 5.97 Å². The van der Waals surface area contributed by atoms with E-state index in [1.165, 1.54) is 11.3 Å². The van der Waals surface area contributed by atoms with Crippen LogP contribution in [0.5, 0.6) is 11.5 Å². The Labute approximate surface area is 223 Å². The lowest BCUT2D eigenvalue weighted by atomic mass is 9.81. The molecule has 2 aliphatic rings. The summed E-state index contributed by atoms with van der Waals surface area (Å²) in [7, 11) is 0. The van der Waals surface area contributed by atoms with Gasteiger partial charge in [-0.2, -0.15) is 0 Å². The highest BCUT2D eigenvalue weighted by Crippen LogP contribution is 2.47. The van der Waals surface area contributed by atoms with Crippen molar-refractivity contribution in [3.8, 4) is 11.5 Å². The second-order valence-electron chi connectivity index (χ2n) is 9.39. The molecule has 0 amide bonds. The van der Waals surface area contributed by atoms with Gasteiger partial charge in [0, 0.05) is 5.56 Å². The summed E-state index contributed by atoms with van der Waals surface area (Å²) < 4.78 is 19.7. The minimum absolute atomic E-state index is 0.198. The number of ether oxygens (including phenoxy) is 3. The van der Waals surface area contributed by atoms with Crippen LogP contribution < -0.4 is 24.4 Å². The van der Waals surface area contributed by atoms with Crippen LogP contribution in [0.15, 0.2) is 88.6 Å². The Kier molecular flexibility index (Phi) is 6.12. The number of fused-ring (bicyclic) bond motifs is 6. The van der Waals surface area contributed by atoms with Crippen molar-refractivity contribution < 1.29 is 19.0 Å². The second-order valence-corrected chi connectivity index (χ2v) is 10.4. The van der Waals surface area contributed by atoms with E-state index in [0.717, 1.165) is 22.4 Å². The number of benzene rings is 3. The largest absolute Gasteiger partial charge is 0.489 e. The average molecular weight is 527 g/mol. The standard InChI is InChI=1S/C30H26N2O5S/c1-3-35-28(34)25-26-22-11-7-8-12-23(22)37-30(25,2)31-29-32(26)27(33)24(38-29)17-19-13-15-21(16-14-19)36-18-20-9-5-4-6-10-20/h4-17,25-26H,3,18H2,1-2H3/b24-17+. The van der Waals surface area contributed by atoms with Crippen molar-refractivity contribution in [2.45, 2.75) is 32.2 Å². The van der Waals surface area contributed by atoms with Gasteiger partial charge in [0.15, 0.2) is 4.80 Å². The zero-order chi connectivity index (χ0) is 26.3. The van der Waals surface area contributed by atoms with E-state index in [0.29, 0.717) is 21.7 Å². The number of para-hydroxylation sites is 1. The Hall–Kier alpha value is -4.17. The van der Waals surface area contributed by atoms with Gasteiger partial charge in [0.05, 0.1) is 17.2 Å². The first-order valence-corrected chi connectivity index (χ1v) is 13.3. The predicted octanol–water partition coefficient (Wildman–Crippen LogP) is 3.83.